The molecule has 0 radical (unpaired) electrons. The number of rotatable bonds is 8. The minimum Gasteiger partial charge on any atom is -0.378 e. The highest BCUT2D eigenvalue weighted by molar-refractivity contribution is 5.85. The summed E-state index contributed by atoms with van der Waals surface area (Å²) in [4.78, 5) is 6.79. The van der Waals surface area contributed by atoms with Gasteiger partial charge in [0.2, 0.25) is 0 Å². The zero-order valence-electron chi connectivity index (χ0n) is 18.8. The molecular formula is C27H26N6. The molecule has 1 aromatic heterocycles. The van der Waals surface area contributed by atoms with E-state index in [2.05, 4.69) is 40.6 Å². The van der Waals surface area contributed by atoms with Crippen LogP contribution in [0, 0.1) is 11.3 Å². The van der Waals surface area contributed by atoms with E-state index in [-0.39, 0.29) is 0 Å². The number of nitrogens with zero attached hydrogens (tertiary/aromatic N) is 5. The second kappa shape index (κ2) is 10.3. The molecule has 6 nitrogen and oxygen atoms in total. The van der Waals surface area contributed by atoms with Crippen LogP contribution in [0.15, 0.2) is 89.9 Å². The van der Waals surface area contributed by atoms with Crippen molar-refractivity contribution in [2.75, 3.05) is 24.3 Å². The van der Waals surface area contributed by atoms with Crippen molar-refractivity contribution in [2.24, 2.45) is 4.99 Å². The SMILES string of the molecule is CN(C)c1ccc(C=Nc2ccccc2Nc2cc(-c3ccccc3)nn2CCC#N)cc1. The third-order valence-corrected chi connectivity index (χ3v) is 5.21. The van der Waals surface area contributed by atoms with Crippen molar-refractivity contribution in [1.29, 1.82) is 5.26 Å². The van der Waals surface area contributed by atoms with Crippen LogP contribution in [-0.4, -0.2) is 30.1 Å². The lowest BCUT2D eigenvalue weighted by molar-refractivity contribution is 0.637. The summed E-state index contributed by atoms with van der Waals surface area (Å²) in [6, 6.07) is 30.4. The van der Waals surface area contributed by atoms with E-state index in [4.69, 9.17) is 15.4 Å². The molecule has 4 rings (SSSR count). The molecule has 0 aliphatic heterocycles. The average molecular weight is 435 g/mol. The van der Waals surface area contributed by atoms with Gasteiger partial charge in [0.1, 0.15) is 5.82 Å². The van der Waals surface area contributed by atoms with Crippen molar-refractivity contribution in [1.82, 2.24) is 9.78 Å². The molecule has 0 fully saturated rings. The Bertz CT molecular complexity index is 1260. The lowest BCUT2D eigenvalue weighted by atomic mass is 10.1. The van der Waals surface area contributed by atoms with Crippen LogP contribution in [0.3, 0.4) is 0 Å². The Balaban J connectivity index is 1.60. The van der Waals surface area contributed by atoms with E-state index in [1.165, 1.54) is 0 Å². The Morgan fingerprint density at radius 1 is 1.00 bits per heavy atom. The average Bonchev–Trinajstić information content (AvgIpc) is 3.25. The number of nitriles is 1. The summed E-state index contributed by atoms with van der Waals surface area (Å²) < 4.78 is 1.84. The fraction of sp³-hybridized carbons (Fsp3) is 0.148. The first-order valence-electron chi connectivity index (χ1n) is 10.8. The van der Waals surface area contributed by atoms with Crippen LogP contribution < -0.4 is 10.2 Å². The van der Waals surface area contributed by atoms with Crippen molar-refractivity contribution in [3.05, 3.63) is 90.5 Å². The Hall–Kier alpha value is -4.37. The van der Waals surface area contributed by atoms with Crippen molar-refractivity contribution >= 4 is 29.1 Å². The molecule has 6 heteroatoms. The first kappa shape index (κ1) is 21.8. The van der Waals surface area contributed by atoms with Gasteiger partial charge in [0.15, 0.2) is 0 Å². The van der Waals surface area contributed by atoms with Crippen LogP contribution in [0.2, 0.25) is 0 Å². The Kier molecular flexibility index (Phi) is 6.81. The van der Waals surface area contributed by atoms with E-state index in [1.807, 2.05) is 85.7 Å². The monoisotopic (exact) mass is 434 g/mol. The number of nitrogens with one attached hydrogen (secondary N) is 1. The van der Waals surface area contributed by atoms with Crippen LogP contribution in [0.25, 0.3) is 11.3 Å². The smallest absolute Gasteiger partial charge is 0.129 e. The van der Waals surface area contributed by atoms with Gasteiger partial charge in [-0.15, -0.1) is 0 Å². The van der Waals surface area contributed by atoms with Gasteiger partial charge in [-0.25, -0.2) is 4.68 Å². The van der Waals surface area contributed by atoms with Crippen LogP contribution in [0.1, 0.15) is 12.0 Å². The topological polar surface area (TPSA) is 69.2 Å². The van der Waals surface area contributed by atoms with Gasteiger partial charge in [0.25, 0.3) is 0 Å². The third kappa shape index (κ3) is 5.46. The van der Waals surface area contributed by atoms with Gasteiger partial charge >= 0.3 is 0 Å². The summed E-state index contributed by atoms with van der Waals surface area (Å²) in [6.45, 7) is 0.509. The Morgan fingerprint density at radius 3 is 2.45 bits per heavy atom. The maximum Gasteiger partial charge on any atom is 0.129 e. The molecule has 1 N–H and O–H groups in total. The molecule has 33 heavy (non-hydrogen) atoms. The number of benzene rings is 3. The molecule has 0 aliphatic rings. The summed E-state index contributed by atoms with van der Waals surface area (Å²) in [7, 11) is 4.05. The van der Waals surface area contributed by atoms with Crippen molar-refractivity contribution in [3.63, 3.8) is 0 Å². The quantitative estimate of drug-likeness (QED) is 0.344. The first-order valence-corrected chi connectivity index (χ1v) is 10.8. The zero-order chi connectivity index (χ0) is 23.0. The molecule has 0 saturated carbocycles. The van der Waals surface area contributed by atoms with Gasteiger partial charge in [0, 0.05) is 37.6 Å². The number of aromatic nitrogens is 2. The van der Waals surface area contributed by atoms with E-state index >= 15 is 0 Å². The van der Waals surface area contributed by atoms with Crippen LogP contribution in [0.5, 0.6) is 0 Å². The van der Waals surface area contributed by atoms with Crippen LogP contribution in [-0.2, 0) is 6.54 Å². The van der Waals surface area contributed by atoms with Crippen molar-refractivity contribution < 1.29 is 0 Å². The highest BCUT2D eigenvalue weighted by atomic mass is 15.3. The molecule has 0 amide bonds. The molecule has 3 aromatic carbocycles. The van der Waals surface area contributed by atoms with E-state index in [9.17, 15) is 0 Å². The molecule has 0 atom stereocenters. The van der Waals surface area contributed by atoms with E-state index in [1.54, 1.807) is 0 Å². The predicted molar refractivity (Wildman–Crippen MR) is 136 cm³/mol. The number of hydrogen-bond donors (Lipinski definition) is 1. The molecule has 0 aliphatic carbocycles. The fourth-order valence-corrected chi connectivity index (χ4v) is 3.43. The molecule has 4 aromatic rings. The molecule has 0 spiro atoms. The van der Waals surface area contributed by atoms with Gasteiger partial charge in [-0.1, -0.05) is 54.6 Å². The summed E-state index contributed by atoms with van der Waals surface area (Å²) in [5.41, 5.74) is 5.76. The Morgan fingerprint density at radius 2 is 1.73 bits per heavy atom. The maximum absolute atomic E-state index is 9.07. The fourth-order valence-electron chi connectivity index (χ4n) is 3.43. The van der Waals surface area contributed by atoms with E-state index < -0.39 is 0 Å². The number of hydrogen-bond acceptors (Lipinski definition) is 5. The van der Waals surface area contributed by atoms with Gasteiger partial charge in [-0.2, -0.15) is 10.4 Å². The molecular weight excluding hydrogens is 408 g/mol. The second-order valence-electron chi connectivity index (χ2n) is 7.80. The molecule has 0 saturated heterocycles. The lowest BCUT2D eigenvalue weighted by Gasteiger charge is -2.12. The predicted octanol–water partition coefficient (Wildman–Crippen LogP) is 6.02. The third-order valence-electron chi connectivity index (χ3n) is 5.21. The standard InChI is InChI=1S/C27H26N6/c1-32(2)23-15-13-21(14-16-23)20-29-24-11-6-7-12-25(24)30-27-19-26(22-9-4-3-5-10-22)31-33(27)18-8-17-28/h3-7,9-16,19-20,30H,8,18H2,1-2H3. The largest absolute Gasteiger partial charge is 0.378 e. The van der Waals surface area contributed by atoms with Crippen LogP contribution >= 0.6 is 0 Å². The van der Waals surface area contributed by atoms with E-state index in [0.717, 1.165) is 39.7 Å². The summed E-state index contributed by atoms with van der Waals surface area (Å²) in [6.07, 6.45) is 2.25. The zero-order valence-corrected chi connectivity index (χ0v) is 18.8. The molecule has 0 bridgehead atoms. The minimum atomic E-state index is 0.382. The normalized spacial score (nSPS) is 10.8. The second-order valence-corrected chi connectivity index (χ2v) is 7.80. The van der Waals surface area contributed by atoms with E-state index in [0.29, 0.717) is 13.0 Å². The lowest BCUT2D eigenvalue weighted by Crippen LogP contribution is -2.08. The maximum atomic E-state index is 9.07. The molecule has 164 valence electrons. The van der Waals surface area contributed by atoms with Gasteiger partial charge in [0.05, 0.1) is 36.1 Å². The highest BCUT2D eigenvalue weighted by Crippen LogP contribution is 2.30. The van der Waals surface area contributed by atoms with Crippen LogP contribution in [0.4, 0.5) is 22.9 Å². The number of anilines is 3. The van der Waals surface area contributed by atoms with Gasteiger partial charge in [-0.3, -0.25) is 4.99 Å². The highest BCUT2D eigenvalue weighted by Gasteiger charge is 2.11. The van der Waals surface area contributed by atoms with Gasteiger partial charge < -0.3 is 10.2 Å². The number of para-hydroxylation sites is 2. The minimum absolute atomic E-state index is 0.382. The van der Waals surface area contributed by atoms with Crippen molar-refractivity contribution in [2.45, 2.75) is 13.0 Å². The summed E-state index contributed by atoms with van der Waals surface area (Å²) in [5.74, 6) is 0.821. The number of aryl methyl sites for hydroxylation is 1. The number of aliphatic imine (C=N–C) groups is 1. The molecule has 0 unspecified atom stereocenters. The Labute approximate surface area is 194 Å². The first-order chi connectivity index (χ1) is 16.1. The summed E-state index contributed by atoms with van der Waals surface area (Å²) >= 11 is 0. The molecule has 1 heterocycles. The van der Waals surface area contributed by atoms with Gasteiger partial charge in [-0.05, 0) is 29.8 Å². The summed E-state index contributed by atoms with van der Waals surface area (Å²) in [5, 5.41) is 17.3. The van der Waals surface area contributed by atoms with Crippen molar-refractivity contribution in [3.8, 4) is 17.3 Å².